The van der Waals surface area contributed by atoms with Crippen LogP contribution in [0.1, 0.15) is 132 Å². The first-order valence-corrected chi connectivity index (χ1v) is 24.6. The Morgan fingerprint density at radius 1 is 0.690 bits per heavy atom. The summed E-state index contributed by atoms with van der Waals surface area (Å²) in [6.07, 6.45) is 5.56. The topological polar surface area (TPSA) is 121 Å². The van der Waals surface area contributed by atoms with Crippen molar-refractivity contribution in [3.63, 3.8) is 0 Å². The van der Waals surface area contributed by atoms with Crippen molar-refractivity contribution in [1.82, 2.24) is 9.13 Å². The summed E-state index contributed by atoms with van der Waals surface area (Å²) in [5.41, 5.74) is 6.71. The van der Waals surface area contributed by atoms with Gasteiger partial charge in [-0.1, -0.05) is 72.8 Å². The molecule has 1 saturated heterocycles. The Bertz CT molecular complexity index is 2820. The zero-order chi connectivity index (χ0) is 52.0. The van der Waals surface area contributed by atoms with Crippen LogP contribution in [0.4, 0.5) is 8.78 Å². The molecule has 4 atom stereocenters. The van der Waals surface area contributed by atoms with Gasteiger partial charge in [-0.3, -0.25) is 9.59 Å². The van der Waals surface area contributed by atoms with Gasteiger partial charge >= 0.3 is 11.9 Å². The molecule has 0 spiro atoms. The molecule has 0 aliphatic carbocycles. The third-order valence-corrected chi connectivity index (χ3v) is 11.7. The van der Waals surface area contributed by atoms with Crippen molar-refractivity contribution in [1.29, 1.82) is 0 Å². The number of para-hydroxylation sites is 2. The van der Waals surface area contributed by atoms with Gasteiger partial charge in [-0.05, 0) is 143 Å². The highest BCUT2D eigenvalue weighted by molar-refractivity contribution is 6.02. The van der Waals surface area contributed by atoms with Gasteiger partial charge in [-0.2, -0.15) is 0 Å². The first kappa shape index (κ1) is 54.4. The highest BCUT2D eigenvalue weighted by atomic mass is 19.1. The second-order valence-electron chi connectivity index (χ2n) is 21.3. The normalized spacial score (nSPS) is 17.3. The minimum Gasteiger partial charge on any atom is -0.460 e. The molecule has 3 heterocycles. The molecular formula is C59H72F2N2O8. The lowest BCUT2D eigenvalue weighted by atomic mass is 10.0. The number of benzene rings is 4. The number of carbonyl (C=O) groups excluding carboxylic acids is 2. The summed E-state index contributed by atoms with van der Waals surface area (Å²) in [5.74, 6) is -2.19. The zero-order valence-corrected chi connectivity index (χ0v) is 43.3. The van der Waals surface area contributed by atoms with E-state index in [0.717, 1.165) is 55.4 Å². The molecular weight excluding hydrogens is 903 g/mol. The summed E-state index contributed by atoms with van der Waals surface area (Å²) >= 11 is 0. The Morgan fingerprint density at radius 2 is 1.14 bits per heavy atom. The van der Waals surface area contributed by atoms with Crippen LogP contribution in [0.3, 0.4) is 0 Å². The molecule has 1 aliphatic heterocycles. The van der Waals surface area contributed by atoms with E-state index in [4.69, 9.17) is 18.9 Å². The number of hydrogen-bond donors (Lipinski definition) is 2. The van der Waals surface area contributed by atoms with E-state index in [2.05, 4.69) is 55.0 Å². The Balaban J connectivity index is 0.000000233. The molecule has 1 aliphatic rings. The molecule has 7 rings (SSSR count). The molecule has 0 unspecified atom stereocenters. The molecule has 1 fully saturated rings. The molecule has 12 heteroatoms. The van der Waals surface area contributed by atoms with Crippen LogP contribution in [0.2, 0.25) is 0 Å². The Hall–Kier alpha value is -5.92. The van der Waals surface area contributed by atoms with Gasteiger partial charge < -0.3 is 38.3 Å². The number of hydrogen-bond acceptors (Lipinski definition) is 8. The number of esters is 2. The van der Waals surface area contributed by atoms with Crippen molar-refractivity contribution >= 4 is 45.9 Å². The minimum atomic E-state index is -1.03. The quantitative estimate of drug-likeness (QED) is 0.104. The molecule has 2 aromatic heterocycles. The van der Waals surface area contributed by atoms with Gasteiger partial charge in [0.15, 0.2) is 5.79 Å². The average Bonchev–Trinajstić information content (AvgIpc) is 3.77. The van der Waals surface area contributed by atoms with E-state index < -0.39 is 35.2 Å². The third-order valence-electron chi connectivity index (χ3n) is 11.7. The van der Waals surface area contributed by atoms with Gasteiger partial charge in [0.1, 0.15) is 22.8 Å². The van der Waals surface area contributed by atoms with E-state index in [-0.39, 0.29) is 61.2 Å². The van der Waals surface area contributed by atoms with E-state index in [0.29, 0.717) is 6.42 Å². The maximum absolute atomic E-state index is 13.8. The molecule has 2 N–H and O–H groups in total. The SMILES string of the molecule is CC(C)n1c(/C=C/[C@@H](O)C[C@@H](O)CC(=O)OC(C)(C)C)c(-c2ccc(F)cc2)c2ccccc21.CC(C)n1c(/C=C/[C@@H]2C[C@H](CC(=O)OC(C)(C)C)OC(C)(C)O2)c(-c2ccc(F)cc2)c2ccccc21. The van der Waals surface area contributed by atoms with Crippen molar-refractivity contribution in [3.05, 3.63) is 132 Å². The van der Waals surface area contributed by atoms with Crippen LogP contribution < -0.4 is 0 Å². The molecule has 4 aromatic carbocycles. The molecule has 380 valence electrons. The highest BCUT2D eigenvalue weighted by Gasteiger charge is 2.36. The summed E-state index contributed by atoms with van der Waals surface area (Å²) in [4.78, 5) is 24.4. The predicted molar refractivity (Wildman–Crippen MR) is 279 cm³/mol. The first-order chi connectivity index (χ1) is 33.3. The van der Waals surface area contributed by atoms with Crippen LogP contribution in [0, 0.1) is 11.6 Å². The van der Waals surface area contributed by atoms with Crippen LogP contribution in [0.25, 0.3) is 56.2 Å². The molecule has 6 aromatic rings. The van der Waals surface area contributed by atoms with Gasteiger partial charge in [-0.25, -0.2) is 8.78 Å². The third kappa shape index (κ3) is 14.6. The Labute approximate surface area is 417 Å². The zero-order valence-electron chi connectivity index (χ0n) is 43.3. The lowest BCUT2D eigenvalue weighted by Crippen LogP contribution is -2.45. The summed E-state index contributed by atoms with van der Waals surface area (Å²) in [6, 6.07) is 29.6. The van der Waals surface area contributed by atoms with Gasteiger partial charge in [0.05, 0.1) is 37.3 Å². The molecule has 0 saturated carbocycles. The molecule has 0 radical (unpaired) electrons. The fourth-order valence-corrected chi connectivity index (χ4v) is 9.22. The average molecular weight is 975 g/mol. The van der Waals surface area contributed by atoms with Crippen molar-refractivity contribution in [2.45, 2.75) is 162 Å². The number of nitrogens with zero attached hydrogens (tertiary/aromatic N) is 2. The number of aliphatic hydroxyl groups excluding tert-OH is 2. The van der Waals surface area contributed by atoms with Crippen LogP contribution >= 0.6 is 0 Å². The lowest BCUT2D eigenvalue weighted by Gasteiger charge is -2.39. The molecule has 10 nitrogen and oxygen atoms in total. The van der Waals surface area contributed by atoms with E-state index >= 15 is 0 Å². The number of aromatic nitrogens is 2. The number of ether oxygens (including phenoxy) is 4. The second kappa shape index (κ2) is 22.7. The summed E-state index contributed by atoms with van der Waals surface area (Å²) in [6.45, 7) is 23.1. The molecule has 71 heavy (non-hydrogen) atoms. The van der Waals surface area contributed by atoms with E-state index in [9.17, 15) is 28.6 Å². The Morgan fingerprint density at radius 3 is 1.61 bits per heavy atom. The number of halogens is 2. The predicted octanol–water partition coefficient (Wildman–Crippen LogP) is 13.6. The van der Waals surface area contributed by atoms with E-state index in [1.54, 1.807) is 39.0 Å². The standard InChI is InChI=1S/C31H38FNO4.C28H34FNO4/c1-20(2)33-26-11-9-8-10-25(26)29(21-12-14-22(32)15-13-21)27(33)17-16-23-18-24(36-31(6,7)35-23)19-28(34)37-30(3,4)5;1-18(2)30-24-9-7-6-8-23(24)27(19-10-12-20(29)13-11-19)25(30)15-14-21(31)16-22(32)17-26(33)34-28(3,4)5/h8-17,20,23-24H,18-19H2,1-7H3;6-15,18,21-22,31-32H,16-17H2,1-5H3/b17-16+;15-14+/t23-,24-;21-,22-/m11/s1. The van der Waals surface area contributed by atoms with Crippen molar-refractivity contribution in [3.8, 4) is 22.3 Å². The van der Waals surface area contributed by atoms with Crippen molar-refractivity contribution < 1.29 is 47.5 Å². The van der Waals surface area contributed by atoms with Gasteiger partial charge in [-0.15, -0.1) is 0 Å². The van der Waals surface area contributed by atoms with Crippen LogP contribution in [-0.4, -0.2) is 72.7 Å². The van der Waals surface area contributed by atoms with Crippen molar-refractivity contribution in [2.75, 3.05) is 0 Å². The largest absolute Gasteiger partial charge is 0.460 e. The second-order valence-corrected chi connectivity index (χ2v) is 21.3. The van der Waals surface area contributed by atoms with Gasteiger partial charge in [0.2, 0.25) is 0 Å². The summed E-state index contributed by atoms with van der Waals surface area (Å²) in [5, 5.41) is 23.0. The number of carbonyl (C=O) groups is 2. The highest BCUT2D eigenvalue weighted by Crippen LogP contribution is 2.40. The molecule has 0 bridgehead atoms. The van der Waals surface area contributed by atoms with Crippen LogP contribution in [0.5, 0.6) is 0 Å². The fourth-order valence-electron chi connectivity index (χ4n) is 9.22. The maximum Gasteiger partial charge on any atom is 0.308 e. The van der Waals surface area contributed by atoms with Gasteiger partial charge in [0.25, 0.3) is 0 Å². The van der Waals surface area contributed by atoms with Gasteiger partial charge in [0, 0.05) is 69.2 Å². The maximum atomic E-state index is 13.8. The minimum absolute atomic E-state index is 0.00350. The van der Waals surface area contributed by atoms with Crippen LogP contribution in [-0.2, 0) is 28.5 Å². The van der Waals surface area contributed by atoms with Crippen molar-refractivity contribution in [2.24, 2.45) is 0 Å². The van der Waals surface area contributed by atoms with E-state index in [1.807, 2.05) is 95.3 Å². The first-order valence-electron chi connectivity index (χ1n) is 24.6. The monoisotopic (exact) mass is 975 g/mol. The number of aliphatic hydroxyl groups is 2. The van der Waals surface area contributed by atoms with E-state index in [1.165, 1.54) is 24.3 Å². The smallest absolute Gasteiger partial charge is 0.308 e. The molecule has 0 amide bonds. The summed E-state index contributed by atoms with van der Waals surface area (Å²) < 4.78 is 54.9. The fraction of sp³-hybridized carbons (Fsp3) is 0.424. The Kier molecular flexibility index (Phi) is 17.4. The number of rotatable bonds is 14. The van der Waals surface area contributed by atoms with Crippen LogP contribution in [0.15, 0.2) is 109 Å². The lowest BCUT2D eigenvalue weighted by molar-refractivity contribution is -0.290. The number of fused-ring (bicyclic) bond motifs is 2. The summed E-state index contributed by atoms with van der Waals surface area (Å²) in [7, 11) is 0.